The molecule has 0 radical (unpaired) electrons. The van der Waals surface area contributed by atoms with Gasteiger partial charge >= 0.3 is 0 Å². The van der Waals surface area contributed by atoms with E-state index in [4.69, 9.17) is 5.73 Å². The highest BCUT2D eigenvalue weighted by atomic mass is 32.2. The normalized spacial score (nSPS) is 13.2. The number of nitrogens with two attached hydrogens (primary N) is 1. The molecule has 0 spiro atoms. The van der Waals surface area contributed by atoms with Crippen molar-refractivity contribution in [3.05, 3.63) is 42.5 Å². The standard InChI is InChI=1S/C16H11NO6S2/c17-12-6-2-8-1-3-10-13(24(18,19)20)7-14(25(21,22)23)11-5-4-9(12)15(8)16(10)11/h1-7H,17H2,(H,18,19,20)(H,21,22,23). The van der Waals surface area contributed by atoms with Crippen LogP contribution >= 0.6 is 0 Å². The number of rotatable bonds is 2. The smallest absolute Gasteiger partial charge is 0.295 e. The lowest BCUT2D eigenvalue weighted by Crippen LogP contribution is -2.06. The SMILES string of the molecule is Nc1ccc2ccc3c(S(=O)(=O)O)cc(S(=O)(=O)O)c4ccc1c2c34. The Morgan fingerprint density at radius 1 is 0.680 bits per heavy atom. The lowest BCUT2D eigenvalue weighted by molar-refractivity contribution is 0.482. The fourth-order valence-electron chi connectivity index (χ4n) is 3.28. The molecule has 25 heavy (non-hydrogen) atoms. The molecule has 7 nitrogen and oxygen atoms in total. The summed E-state index contributed by atoms with van der Waals surface area (Å²) < 4.78 is 66.2. The van der Waals surface area contributed by atoms with Crippen molar-refractivity contribution in [2.45, 2.75) is 9.79 Å². The summed E-state index contributed by atoms with van der Waals surface area (Å²) in [6.07, 6.45) is 0. The lowest BCUT2D eigenvalue weighted by atomic mass is 9.93. The summed E-state index contributed by atoms with van der Waals surface area (Å²) in [6.45, 7) is 0. The van der Waals surface area contributed by atoms with Gasteiger partial charge < -0.3 is 5.73 Å². The van der Waals surface area contributed by atoms with Crippen molar-refractivity contribution in [1.82, 2.24) is 0 Å². The number of benzene rings is 4. The van der Waals surface area contributed by atoms with E-state index in [1.54, 1.807) is 24.3 Å². The molecule has 0 bridgehead atoms. The van der Waals surface area contributed by atoms with Crippen LogP contribution < -0.4 is 5.73 Å². The van der Waals surface area contributed by atoms with Crippen molar-refractivity contribution < 1.29 is 25.9 Å². The van der Waals surface area contributed by atoms with Crippen molar-refractivity contribution >= 4 is 58.2 Å². The van der Waals surface area contributed by atoms with Gasteiger partial charge in [0.15, 0.2) is 0 Å². The molecule has 0 atom stereocenters. The monoisotopic (exact) mass is 377 g/mol. The quantitative estimate of drug-likeness (QED) is 0.278. The fraction of sp³-hybridized carbons (Fsp3) is 0. The molecule has 4 rings (SSSR count). The van der Waals surface area contributed by atoms with E-state index >= 15 is 0 Å². The maximum absolute atomic E-state index is 11.8. The Kier molecular flexibility index (Phi) is 3.07. The average Bonchev–Trinajstić information content (AvgIpc) is 2.51. The van der Waals surface area contributed by atoms with E-state index in [-0.39, 0.29) is 10.8 Å². The Morgan fingerprint density at radius 2 is 1.16 bits per heavy atom. The summed E-state index contributed by atoms with van der Waals surface area (Å²) in [5.41, 5.74) is 6.42. The van der Waals surface area contributed by atoms with Crippen LogP contribution in [0.4, 0.5) is 5.69 Å². The van der Waals surface area contributed by atoms with Gasteiger partial charge in [0.1, 0.15) is 9.79 Å². The zero-order valence-electron chi connectivity index (χ0n) is 12.5. The molecule has 0 aliphatic carbocycles. The van der Waals surface area contributed by atoms with E-state index < -0.39 is 30.0 Å². The molecule has 0 amide bonds. The molecule has 0 unspecified atom stereocenters. The van der Waals surface area contributed by atoms with Crippen LogP contribution in [-0.4, -0.2) is 25.9 Å². The Hall–Kier alpha value is -2.46. The number of anilines is 1. The first-order valence-corrected chi connectivity index (χ1v) is 9.92. The van der Waals surface area contributed by atoms with Crippen LogP contribution in [-0.2, 0) is 20.2 Å². The van der Waals surface area contributed by atoms with Gasteiger partial charge in [0, 0.05) is 27.2 Å². The second kappa shape index (κ2) is 4.79. The van der Waals surface area contributed by atoms with E-state index in [1.165, 1.54) is 12.1 Å². The van der Waals surface area contributed by atoms with Crippen LogP contribution in [0.1, 0.15) is 0 Å². The molecule has 128 valence electrons. The maximum atomic E-state index is 11.8. The Morgan fingerprint density at radius 3 is 1.72 bits per heavy atom. The maximum Gasteiger partial charge on any atom is 0.295 e. The number of nitrogen functional groups attached to an aromatic ring is 1. The zero-order chi connectivity index (χ0) is 18.1. The summed E-state index contributed by atoms with van der Waals surface area (Å²) in [4.78, 5) is -1.19. The molecule has 0 saturated carbocycles. The molecule has 4 aromatic carbocycles. The Bertz CT molecular complexity index is 1340. The Labute approximate surface area is 142 Å². The molecule has 4 aromatic rings. The molecule has 9 heteroatoms. The van der Waals surface area contributed by atoms with Crippen molar-refractivity contribution in [2.75, 3.05) is 5.73 Å². The first kappa shape index (κ1) is 16.0. The van der Waals surface area contributed by atoms with Crippen LogP contribution in [0.5, 0.6) is 0 Å². The third-order valence-corrected chi connectivity index (χ3v) is 6.08. The zero-order valence-corrected chi connectivity index (χ0v) is 14.1. The minimum Gasteiger partial charge on any atom is -0.398 e. The van der Waals surface area contributed by atoms with E-state index in [0.717, 1.165) is 11.5 Å². The molecule has 0 heterocycles. The van der Waals surface area contributed by atoms with Crippen LogP contribution in [0.25, 0.3) is 32.3 Å². The van der Waals surface area contributed by atoms with Crippen LogP contribution in [0.2, 0.25) is 0 Å². The fourth-order valence-corrected chi connectivity index (χ4v) is 4.79. The highest BCUT2D eigenvalue weighted by Crippen LogP contribution is 2.41. The first-order valence-electron chi connectivity index (χ1n) is 7.04. The number of hydrogen-bond acceptors (Lipinski definition) is 5. The lowest BCUT2D eigenvalue weighted by Gasteiger charge is -2.16. The minimum absolute atomic E-state index is 0.147. The van der Waals surface area contributed by atoms with E-state index in [0.29, 0.717) is 21.8 Å². The van der Waals surface area contributed by atoms with Crippen molar-refractivity contribution in [1.29, 1.82) is 0 Å². The molecule has 0 saturated heterocycles. The second-order valence-corrected chi connectivity index (χ2v) is 8.50. The predicted octanol–water partition coefficient (Wildman–Crippen LogP) is 2.66. The molecule has 4 N–H and O–H groups in total. The summed E-state index contributed by atoms with van der Waals surface area (Å²) in [7, 11) is -9.45. The third kappa shape index (κ3) is 2.24. The highest BCUT2D eigenvalue weighted by Gasteiger charge is 2.25. The third-order valence-electron chi connectivity index (χ3n) is 4.30. The second-order valence-electron chi connectivity index (χ2n) is 5.72. The summed E-state index contributed by atoms with van der Waals surface area (Å²) in [6, 6.07) is 10.4. The van der Waals surface area contributed by atoms with Crippen LogP contribution in [0, 0.1) is 0 Å². The molecular formula is C16H11NO6S2. The van der Waals surface area contributed by atoms with Gasteiger partial charge in [-0.3, -0.25) is 9.11 Å². The highest BCUT2D eigenvalue weighted by molar-refractivity contribution is 7.87. The van der Waals surface area contributed by atoms with Crippen LogP contribution in [0.15, 0.2) is 52.3 Å². The van der Waals surface area contributed by atoms with Gasteiger partial charge in [0.05, 0.1) is 0 Å². The van der Waals surface area contributed by atoms with Gasteiger partial charge in [0.25, 0.3) is 20.2 Å². The summed E-state index contributed by atoms with van der Waals surface area (Å²) in [5.74, 6) is 0. The van der Waals surface area contributed by atoms with Gasteiger partial charge in [-0.1, -0.05) is 30.3 Å². The number of hydrogen-bond donors (Lipinski definition) is 3. The molecule has 0 aromatic heterocycles. The van der Waals surface area contributed by atoms with E-state index in [1.807, 2.05) is 0 Å². The topological polar surface area (TPSA) is 135 Å². The molecule has 0 aliphatic rings. The molecular weight excluding hydrogens is 366 g/mol. The largest absolute Gasteiger partial charge is 0.398 e. The minimum atomic E-state index is -4.73. The van der Waals surface area contributed by atoms with Gasteiger partial charge in [0.2, 0.25) is 0 Å². The summed E-state index contributed by atoms with van der Waals surface area (Å²) >= 11 is 0. The van der Waals surface area contributed by atoms with Crippen molar-refractivity contribution in [3.8, 4) is 0 Å². The van der Waals surface area contributed by atoms with Gasteiger partial charge in [-0.2, -0.15) is 16.8 Å². The van der Waals surface area contributed by atoms with E-state index in [2.05, 4.69) is 0 Å². The predicted molar refractivity (Wildman–Crippen MR) is 94.2 cm³/mol. The molecule has 0 aliphatic heterocycles. The van der Waals surface area contributed by atoms with Crippen LogP contribution in [0.3, 0.4) is 0 Å². The van der Waals surface area contributed by atoms with Gasteiger partial charge in [-0.05, 0) is 22.9 Å². The van der Waals surface area contributed by atoms with Crippen molar-refractivity contribution in [2.24, 2.45) is 0 Å². The van der Waals surface area contributed by atoms with Gasteiger partial charge in [-0.25, -0.2) is 0 Å². The van der Waals surface area contributed by atoms with Gasteiger partial charge in [-0.15, -0.1) is 0 Å². The van der Waals surface area contributed by atoms with E-state index in [9.17, 15) is 25.9 Å². The van der Waals surface area contributed by atoms with Crippen molar-refractivity contribution in [3.63, 3.8) is 0 Å². The first-order chi connectivity index (χ1) is 11.6. The summed E-state index contributed by atoms with van der Waals surface area (Å²) in [5, 5.41) is 2.48. The molecule has 0 fully saturated rings. The Balaban J connectivity index is 2.45. The average molecular weight is 377 g/mol.